The van der Waals surface area contributed by atoms with Gasteiger partial charge in [0.05, 0.1) is 12.5 Å². The van der Waals surface area contributed by atoms with Crippen molar-refractivity contribution in [2.75, 3.05) is 13.7 Å². The molecule has 0 aromatic rings. The third-order valence-electron chi connectivity index (χ3n) is 1.42. The number of methoxy groups -OCH3 is 1. The number of ether oxygens (including phenoxy) is 2. The van der Waals surface area contributed by atoms with Gasteiger partial charge in [0.2, 0.25) is 0 Å². The lowest BCUT2D eigenvalue weighted by Crippen LogP contribution is -2.13. The zero-order valence-electron chi connectivity index (χ0n) is 5.92. The summed E-state index contributed by atoms with van der Waals surface area (Å²) in [7, 11) is 1.56. The molecular weight excluding hydrogens is 132 g/mol. The quantitative estimate of drug-likeness (QED) is 0.532. The van der Waals surface area contributed by atoms with E-state index in [2.05, 4.69) is 6.58 Å². The number of rotatable bonds is 2. The molecule has 3 heteroatoms. The lowest BCUT2D eigenvalue weighted by molar-refractivity contribution is -0.140. The molecule has 0 aromatic heterocycles. The molecule has 0 aliphatic carbocycles. The van der Waals surface area contributed by atoms with Gasteiger partial charge in [-0.05, 0) is 0 Å². The van der Waals surface area contributed by atoms with Crippen LogP contribution in [0.1, 0.15) is 6.42 Å². The molecule has 1 fully saturated rings. The monoisotopic (exact) mass is 142 g/mol. The Hall–Kier alpha value is -0.830. The van der Waals surface area contributed by atoms with Crippen molar-refractivity contribution in [2.24, 2.45) is 5.92 Å². The minimum atomic E-state index is -0.216. The van der Waals surface area contributed by atoms with Crippen LogP contribution in [0.2, 0.25) is 0 Å². The Morgan fingerprint density at radius 3 is 3.00 bits per heavy atom. The smallest absolute Gasteiger partial charge is 0.316 e. The van der Waals surface area contributed by atoms with Gasteiger partial charge in [0.25, 0.3) is 0 Å². The van der Waals surface area contributed by atoms with Crippen molar-refractivity contribution in [1.82, 2.24) is 0 Å². The molecule has 1 rings (SSSR count). The number of hydrogen-bond acceptors (Lipinski definition) is 3. The maximum absolute atomic E-state index is 10.8. The van der Waals surface area contributed by atoms with Crippen molar-refractivity contribution in [3.8, 4) is 0 Å². The molecule has 1 heterocycles. The highest BCUT2D eigenvalue weighted by Crippen LogP contribution is 2.22. The zero-order chi connectivity index (χ0) is 7.56. The number of cyclic esters (lactones) is 1. The van der Waals surface area contributed by atoms with E-state index >= 15 is 0 Å². The molecule has 0 aromatic carbocycles. The van der Waals surface area contributed by atoms with Gasteiger partial charge in [0, 0.05) is 13.5 Å². The fourth-order valence-electron chi connectivity index (χ4n) is 0.954. The third kappa shape index (κ3) is 1.36. The SMILES string of the molecule is C=C1CC(COC)C(=O)O1. The predicted octanol–water partition coefficient (Wildman–Crippen LogP) is 0.710. The van der Waals surface area contributed by atoms with Gasteiger partial charge < -0.3 is 9.47 Å². The van der Waals surface area contributed by atoms with Crippen LogP contribution in [0.4, 0.5) is 0 Å². The summed E-state index contributed by atoms with van der Waals surface area (Å²) in [4.78, 5) is 10.8. The molecule has 1 saturated heterocycles. The first-order chi connectivity index (χ1) is 4.74. The highest BCUT2D eigenvalue weighted by molar-refractivity contribution is 5.76. The summed E-state index contributed by atoms with van der Waals surface area (Å²) < 4.78 is 9.52. The molecule has 1 aliphatic heterocycles. The molecular formula is C7H10O3. The van der Waals surface area contributed by atoms with E-state index in [4.69, 9.17) is 9.47 Å². The topological polar surface area (TPSA) is 35.5 Å². The van der Waals surface area contributed by atoms with E-state index in [0.29, 0.717) is 18.8 Å². The molecule has 1 unspecified atom stereocenters. The summed E-state index contributed by atoms with van der Waals surface area (Å²) in [6.07, 6.45) is 0.604. The largest absolute Gasteiger partial charge is 0.431 e. The summed E-state index contributed by atoms with van der Waals surface area (Å²) in [5.41, 5.74) is 0. The van der Waals surface area contributed by atoms with E-state index < -0.39 is 0 Å². The zero-order valence-corrected chi connectivity index (χ0v) is 5.92. The van der Waals surface area contributed by atoms with E-state index in [1.807, 2.05) is 0 Å². The van der Waals surface area contributed by atoms with Crippen LogP contribution in [0.15, 0.2) is 12.3 Å². The molecule has 0 N–H and O–H groups in total. The first kappa shape index (κ1) is 7.28. The number of carbonyl (C=O) groups is 1. The Morgan fingerprint density at radius 2 is 2.60 bits per heavy atom. The number of carbonyl (C=O) groups excluding carboxylic acids is 1. The van der Waals surface area contributed by atoms with Crippen LogP contribution in [-0.4, -0.2) is 19.7 Å². The summed E-state index contributed by atoms with van der Waals surface area (Å²) in [5.74, 6) is 0.205. The van der Waals surface area contributed by atoms with Crippen molar-refractivity contribution in [3.05, 3.63) is 12.3 Å². The molecule has 0 radical (unpaired) electrons. The van der Waals surface area contributed by atoms with Crippen LogP contribution < -0.4 is 0 Å². The first-order valence-corrected chi connectivity index (χ1v) is 3.12. The fraction of sp³-hybridized carbons (Fsp3) is 0.571. The lowest BCUT2D eigenvalue weighted by atomic mass is 10.1. The minimum absolute atomic E-state index is 0.127. The molecule has 0 spiro atoms. The van der Waals surface area contributed by atoms with E-state index in [1.165, 1.54) is 0 Å². The molecule has 3 nitrogen and oxygen atoms in total. The van der Waals surface area contributed by atoms with Crippen molar-refractivity contribution in [3.63, 3.8) is 0 Å². The Bertz CT molecular complexity index is 162. The molecule has 0 saturated carbocycles. The van der Waals surface area contributed by atoms with Crippen LogP contribution in [0.25, 0.3) is 0 Å². The maximum Gasteiger partial charge on any atom is 0.316 e. The Morgan fingerprint density at radius 1 is 1.90 bits per heavy atom. The van der Waals surface area contributed by atoms with Gasteiger partial charge in [-0.1, -0.05) is 6.58 Å². The molecule has 56 valence electrons. The molecule has 0 amide bonds. The Kier molecular flexibility index (Phi) is 2.06. The summed E-state index contributed by atoms with van der Waals surface area (Å²) in [5, 5.41) is 0. The average Bonchev–Trinajstić information content (AvgIpc) is 2.13. The molecule has 1 atom stereocenters. The van der Waals surface area contributed by atoms with Crippen LogP contribution in [0.3, 0.4) is 0 Å². The highest BCUT2D eigenvalue weighted by atomic mass is 16.5. The predicted molar refractivity (Wildman–Crippen MR) is 35.2 cm³/mol. The van der Waals surface area contributed by atoms with E-state index in [9.17, 15) is 4.79 Å². The summed E-state index contributed by atoms with van der Waals surface area (Å²) in [6.45, 7) is 3.97. The van der Waals surface area contributed by atoms with E-state index in [-0.39, 0.29) is 11.9 Å². The van der Waals surface area contributed by atoms with Gasteiger partial charge in [-0.3, -0.25) is 4.79 Å². The average molecular weight is 142 g/mol. The minimum Gasteiger partial charge on any atom is -0.431 e. The highest BCUT2D eigenvalue weighted by Gasteiger charge is 2.29. The van der Waals surface area contributed by atoms with Crippen LogP contribution in [0, 0.1) is 5.92 Å². The molecule has 1 aliphatic rings. The van der Waals surface area contributed by atoms with Crippen molar-refractivity contribution >= 4 is 5.97 Å². The second-order valence-corrected chi connectivity index (χ2v) is 2.32. The van der Waals surface area contributed by atoms with E-state index in [0.717, 1.165) is 0 Å². The molecule has 10 heavy (non-hydrogen) atoms. The normalized spacial score (nSPS) is 25.1. The van der Waals surface area contributed by atoms with Crippen molar-refractivity contribution in [2.45, 2.75) is 6.42 Å². The van der Waals surface area contributed by atoms with Crippen LogP contribution in [0.5, 0.6) is 0 Å². The van der Waals surface area contributed by atoms with Crippen LogP contribution >= 0.6 is 0 Å². The second-order valence-electron chi connectivity index (χ2n) is 2.32. The first-order valence-electron chi connectivity index (χ1n) is 3.12. The summed E-state index contributed by atoms with van der Waals surface area (Å²) >= 11 is 0. The fourth-order valence-corrected chi connectivity index (χ4v) is 0.954. The van der Waals surface area contributed by atoms with E-state index in [1.54, 1.807) is 7.11 Å². The Balaban J connectivity index is 2.46. The van der Waals surface area contributed by atoms with Gasteiger partial charge >= 0.3 is 5.97 Å². The Labute approximate surface area is 59.6 Å². The van der Waals surface area contributed by atoms with Crippen molar-refractivity contribution < 1.29 is 14.3 Å². The van der Waals surface area contributed by atoms with Crippen LogP contribution in [-0.2, 0) is 14.3 Å². The number of hydrogen-bond donors (Lipinski definition) is 0. The molecule has 0 bridgehead atoms. The van der Waals surface area contributed by atoms with Gasteiger partial charge in [0.1, 0.15) is 5.76 Å². The van der Waals surface area contributed by atoms with Gasteiger partial charge in [-0.2, -0.15) is 0 Å². The number of esters is 1. The van der Waals surface area contributed by atoms with Gasteiger partial charge in [0.15, 0.2) is 0 Å². The lowest BCUT2D eigenvalue weighted by Gasteiger charge is -1.99. The van der Waals surface area contributed by atoms with Crippen molar-refractivity contribution in [1.29, 1.82) is 0 Å². The third-order valence-corrected chi connectivity index (χ3v) is 1.42. The summed E-state index contributed by atoms with van der Waals surface area (Å²) in [6, 6.07) is 0. The van der Waals surface area contributed by atoms with Gasteiger partial charge in [-0.25, -0.2) is 0 Å². The standard InChI is InChI=1S/C7H10O3/c1-5-3-6(4-9-2)7(8)10-5/h6H,1,3-4H2,2H3. The number of allylic oxidation sites excluding steroid dienone is 1. The second kappa shape index (κ2) is 2.84. The maximum atomic E-state index is 10.8. The van der Waals surface area contributed by atoms with Gasteiger partial charge in [-0.15, -0.1) is 0 Å².